The van der Waals surface area contributed by atoms with E-state index >= 15 is 0 Å². The van der Waals surface area contributed by atoms with Gasteiger partial charge in [-0.3, -0.25) is 9.52 Å². The second-order valence-electron chi connectivity index (χ2n) is 5.85. The van der Waals surface area contributed by atoms with Crippen LogP contribution in [0.15, 0.2) is 18.2 Å². The van der Waals surface area contributed by atoms with Crippen molar-refractivity contribution < 1.29 is 13.2 Å². The van der Waals surface area contributed by atoms with Gasteiger partial charge in [0, 0.05) is 6.54 Å². The highest BCUT2D eigenvalue weighted by molar-refractivity contribution is 7.92. The van der Waals surface area contributed by atoms with Crippen LogP contribution in [-0.2, 0) is 10.0 Å². The van der Waals surface area contributed by atoms with Gasteiger partial charge in [-0.15, -0.1) is 12.4 Å². The van der Waals surface area contributed by atoms with Crippen molar-refractivity contribution in [2.75, 3.05) is 30.6 Å². The van der Waals surface area contributed by atoms with Crippen molar-refractivity contribution in [3.8, 4) is 0 Å². The Morgan fingerprint density at radius 3 is 2.74 bits per heavy atom. The van der Waals surface area contributed by atoms with E-state index in [0.717, 1.165) is 37.8 Å². The first-order valence-corrected chi connectivity index (χ1v) is 9.31. The molecular formula is C15H24ClN3O3S. The normalized spacial score (nSPS) is 17.9. The number of sulfonamides is 1. The van der Waals surface area contributed by atoms with Crippen molar-refractivity contribution in [1.29, 1.82) is 0 Å². The van der Waals surface area contributed by atoms with Crippen LogP contribution in [0, 0.1) is 12.8 Å². The maximum absolute atomic E-state index is 12.4. The van der Waals surface area contributed by atoms with Crippen LogP contribution in [0.1, 0.15) is 28.8 Å². The molecule has 3 N–H and O–H groups in total. The number of anilines is 1. The smallest absolute Gasteiger partial charge is 0.253 e. The zero-order valence-electron chi connectivity index (χ0n) is 13.4. The van der Waals surface area contributed by atoms with E-state index in [4.69, 9.17) is 0 Å². The molecule has 1 fully saturated rings. The summed E-state index contributed by atoms with van der Waals surface area (Å²) >= 11 is 0. The zero-order valence-corrected chi connectivity index (χ0v) is 15.0. The molecule has 8 heteroatoms. The van der Waals surface area contributed by atoms with Gasteiger partial charge < -0.3 is 10.6 Å². The molecule has 1 aliphatic heterocycles. The molecular weight excluding hydrogens is 338 g/mol. The Labute approximate surface area is 143 Å². The van der Waals surface area contributed by atoms with Gasteiger partial charge in [-0.25, -0.2) is 8.42 Å². The van der Waals surface area contributed by atoms with E-state index in [0.29, 0.717) is 23.7 Å². The monoisotopic (exact) mass is 361 g/mol. The average molecular weight is 362 g/mol. The highest BCUT2D eigenvalue weighted by Gasteiger charge is 2.17. The van der Waals surface area contributed by atoms with Gasteiger partial charge in [-0.2, -0.15) is 0 Å². The predicted molar refractivity (Wildman–Crippen MR) is 94.8 cm³/mol. The highest BCUT2D eigenvalue weighted by Crippen LogP contribution is 2.19. The van der Waals surface area contributed by atoms with Gasteiger partial charge in [0.2, 0.25) is 10.0 Å². The summed E-state index contributed by atoms with van der Waals surface area (Å²) in [6, 6.07) is 5.09. The number of nitrogens with one attached hydrogen (secondary N) is 3. The van der Waals surface area contributed by atoms with E-state index in [2.05, 4.69) is 15.4 Å². The van der Waals surface area contributed by atoms with Gasteiger partial charge in [-0.05, 0) is 50.9 Å². The van der Waals surface area contributed by atoms with Gasteiger partial charge in [0.15, 0.2) is 0 Å². The largest absolute Gasteiger partial charge is 0.352 e. The molecule has 1 aliphatic rings. The van der Waals surface area contributed by atoms with E-state index in [-0.39, 0.29) is 18.3 Å². The van der Waals surface area contributed by atoms with Crippen molar-refractivity contribution in [2.45, 2.75) is 19.8 Å². The van der Waals surface area contributed by atoms with Crippen LogP contribution in [0.4, 0.5) is 5.69 Å². The Morgan fingerprint density at radius 2 is 2.13 bits per heavy atom. The van der Waals surface area contributed by atoms with E-state index in [1.54, 1.807) is 18.2 Å². The topological polar surface area (TPSA) is 87.3 Å². The Morgan fingerprint density at radius 1 is 1.39 bits per heavy atom. The molecule has 130 valence electrons. The number of carbonyl (C=O) groups excluding carboxylic acids is 1. The summed E-state index contributed by atoms with van der Waals surface area (Å²) in [5, 5.41) is 6.22. The van der Waals surface area contributed by atoms with E-state index < -0.39 is 10.0 Å². The van der Waals surface area contributed by atoms with Crippen LogP contribution in [0.5, 0.6) is 0 Å². The Hall–Kier alpha value is -1.31. The van der Waals surface area contributed by atoms with Crippen molar-refractivity contribution in [3.63, 3.8) is 0 Å². The number of amides is 1. The maximum Gasteiger partial charge on any atom is 0.253 e. The zero-order chi connectivity index (χ0) is 16.2. The fourth-order valence-corrected chi connectivity index (χ4v) is 3.14. The van der Waals surface area contributed by atoms with Crippen molar-refractivity contribution in [2.24, 2.45) is 5.92 Å². The standard InChI is InChI=1S/C15H23N3O3S.ClH/c1-11-5-6-14(18-22(2,20)21)13(8-11)15(19)17-10-12-4-3-7-16-9-12;/h5-6,8,12,16,18H,3-4,7,9-10H2,1-2H3,(H,17,19);1H. The second kappa shape index (κ2) is 8.52. The number of hydrogen-bond acceptors (Lipinski definition) is 4. The number of halogens is 1. The van der Waals surface area contributed by atoms with Gasteiger partial charge in [0.25, 0.3) is 5.91 Å². The minimum atomic E-state index is -3.42. The third-order valence-electron chi connectivity index (χ3n) is 3.67. The minimum Gasteiger partial charge on any atom is -0.352 e. The number of hydrogen-bond donors (Lipinski definition) is 3. The summed E-state index contributed by atoms with van der Waals surface area (Å²) in [5.41, 5.74) is 1.57. The molecule has 1 atom stereocenters. The Balaban J connectivity index is 0.00000264. The van der Waals surface area contributed by atoms with Crippen LogP contribution < -0.4 is 15.4 Å². The van der Waals surface area contributed by atoms with Crippen LogP contribution >= 0.6 is 12.4 Å². The lowest BCUT2D eigenvalue weighted by Gasteiger charge is -2.23. The molecule has 0 aliphatic carbocycles. The Kier molecular flexibility index (Phi) is 7.31. The van der Waals surface area contributed by atoms with Crippen LogP contribution in [0.25, 0.3) is 0 Å². The lowest BCUT2D eigenvalue weighted by molar-refractivity contribution is 0.0945. The summed E-state index contributed by atoms with van der Waals surface area (Å²) in [5.74, 6) is 0.175. The molecule has 1 heterocycles. The molecule has 1 aromatic rings. The van der Waals surface area contributed by atoms with Crippen molar-refractivity contribution >= 4 is 34.0 Å². The number of carbonyl (C=O) groups is 1. The van der Waals surface area contributed by atoms with Gasteiger partial charge in [0.1, 0.15) is 0 Å². The molecule has 0 bridgehead atoms. The lowest BCUT2D eigenvalue weighted by Crippen LogP contribution is -2.38. The molecule has 1 aromatic carbocycles. The second-order valence-corrected chi connectivity index (χ2v) is 7.59. The quantitative estimate of drug-likeness (QED) is 0.742. The SMILES string of the molecule is Cc1ccc(NS(C)(=O)=O)c(C(=O)NCC2CCCNC2)c1.Cl. The van der Waals surface area contributed by atoms with Crippen LogP contribution in [0.3, 0.4) is 0 Å². The highest BCUT2D eigenvalue weighted by atomic mass is 35.5. The van der Waals surface area contributed by atoms with Crippen molar-refractivity contribution in [3.05, 3.63) is 29.3 Å². The fourth-order valence-electron chi connectivity index (χ4n) is 2.57. The average Bonchev–Trinajstić information content (AvgIpc) is 2.46. The van der Waals surface area contributed by atoms with Crippen molar-refractivity contribution in [1.82, 2.24) is 10.6 Å². The van der Waals surface area contributed by atoms with Gasteiger partial charge >= 0.3 is 0 Å². The first-order chi connectivity index (χ1) is 10.3. The molecule has 2 rings (SSSR count). The van der Waals surface area contributed by atoms with Crippen LogP contribution in [-0.4, -0.2) is 40.2 Å². The maximum atomic E-state index is 12.4. The fraction of sp³-hybridized carbons (Fsp3) is 0.533. The first kappa shape index (κ1) is 19.7. The predicted octanol–water partition coefficient (Wildman–Crippen LogP) is 1.52. The molecule has 1 saturated heterocycles. The molecule has 1 unspecified atom stereocenters. The molecule has 0 radical (unpaired) electrons. The minimum absolute atomic E-state index is 0. The Bertz CT molecular complexity index is 643. The number of piperidine rings is 1. The third kappa shape index (κ3) is 6.37. The molecule has 1 amide bonds. The molecule has 0 saturated carbocycles. The number of aryl methyl sites for hydroxylation is 1. The third-order valence-corrected chi connectivity index (χ3v) is 4.26. The number of rotatable bonds is 5. The molecule has 23 heavy (non-hydrogen) atoms. The lowest BCUT2D eigenvalue weighted by atomic mass is 9.99. The van der Waals surface area contributed by atoms with Gasteiger partial charge in [-0.1, -0.05) is 11.6 Å². The molecule has 0 spiro atoms. The molecule has 6 nitrogen and oxygen atoms in total. The summed E-state index contributed by atoms with van der Waals surface area (Å²) in [4.78, 5) is 12.4. The summed E-state index contributed by atoms with van der Waals surface area (Å²) in [6.45, 7) is 4.40. The van der Waals surface area contributed by atoms with E-state index in [1.165, 1.54) is 0 Å². The summed E-state index contributed by atoms with van der Waals surface area (Å²) in [7, 11) is -3.42. The number of benzene rings is 1. The van der Waals surface area contributed by atoms with E-state index in [9.17, 15) is 13.2 Å². The summed E-state index contributed by atoms with van der Waals surface area (Å²) < 4.78 is 25.2. The first-order valence-electron chi connectivity index (χ1n) is 7.42. The molecule has 0 aromatic heterocycles. The van der Waals surface area contributed by atoms with E-state index in [1.807, 2.05) is 6.92 Å². The van der Waals surface area contributed by atoms with Gasteiger partial charge in [0.05, 0.1) is 17.5 Å². The van der Waals surface area contributed by atoms with Crippen LogP contribution in [0.2, 0.25) is 0 Å². The summed E-state index contributed by atoms with van der Waals surface area (Å²) in [6.07, 6.45) is 3.28.